The molecule has 0 amide bonds. The molecule has 6 aromatic rings. The van der Waals surface area contributed by atoms with E-state index in [1.165, 1.54) is 66.4 Å². The van der Waals surface area contributed by atoms with Crippen molar-refractivity contribution >= 4 is 10.8 Å². The van der Waals surface area contributed by atoms with Gasteiger partial charge in [0.15, 0.2) is 0 Å². The Kier molecular flexibility index (Phi) is 5.65. The van der Waals surface area contributed by atoms with E-state index in [0.29, 0.717) is 5.56 Å². The van der Waals surface area contributed by atoms with Crippen LogP contribution in [0.1, 0.15) is 41.7 Å². The number of fused-ring (bicyclic) bond motifs is 4. The van der Waals surface area contributed by atoms with Gasteiger partial charge in [0.1, 0.15) is 0 Å². The molecule has 1 aliphatic rings. The third-order valence-corrected chi connectivity index (χ3v) is 8.59. The standard InChI is InChI=1S/C39H29N/c1-39(2)36-14-8-13-33(38(36)35-21-15-27(25-40)24-37(35)39)29-18-16-28(17-19-29)32-22-20-30(23-26-9-4-3-5-10-26)31-11-6-7-12-34(31)32/h3-22,24H,23H2,1-2H3. The molecule has 40 heavy (non-hydrogen) atoms. The summed E-state index contributed by atoms with van der Waals surface area (Å²) in [7, 11) is 0. The lowest BCUT2D eigenvalue weighted by Gasteiger charge is -2.21. The van der Waals surface area contributed by atoms with Gasteiger partial charge in [0, 0.05) is 5.41 Å². The highest BCUT2D eigenvalue weighted by Crippen LogP contribution is 2.52. The van der Waals surface area contributed by atoms with Gasteiger partial charge >= 0.3 is 0 Å². The van der Waals surface area contributed by atoms with Gasteiger partial charge in [0.2, 0.25) is 0 Å². The van der Waals surface area contributed by atoms with E-state index < -0.39 is 0 Å². The fraction of sp³-hybridized carbons (Fsp3) is 0.103. The van der Waals surface area contributed by atoms with Crippen molar-refractivity contribution in [3.8, 4) is 39.4 Å². The molecule has 1 nitrogen and oxygen atoms in total. The molecule has 0 N–H and O–H groups in total. The van der Waals surface area contributed by atoms with Crippen LogP contribution < -0.4 is 0 Å². The Morgan fingerprint density at radius 2 is 1.25 bits per heavy atom. The van der Waals surface area contributed by atoms with E-state index >= 15 is 0 Å². The molecule has 1 aliphatic carbocycles. The molecule has 0 spiro atoms. The lowest BCUT2D eigenvalue weighted by atomic mass is 9.81. The summed E-state index contributed by atoms with van der Waals surface area (Å²) in [6.45, 7) is 4.52. The SMILES string of the molecule is CC1(C)c2cc(C#N)ccc2-c2c(-c3ccc(-c4ccc(Cc5ccccc5)c5ccccc45)cc3)cccc21. The number of rotatable bonds is 4. The number of hydrogen-bond donors (Lipinski definition) is 0. The molecule has 0 unspecified atom stereocenters. The molecule has 0 fully saturated rings. The first-order chi connectivity index (χ1) is 19.5. The number of nitrogens with zero attached hydrogens (tertiary/aromatic N) is 1. The van der Waals surface area contributed by atoms with Crippen LogP contribution in [0.2, 0.25) is 0 Å². The third kappa shape index (κ3) is 3.84. The third-order valence-electron chi connectivity index (χ3n) is 8.59. The highest BCUT2D eigenvalue weighted by atomic mass is 14.4. The number of nitriles is 1. The van der Waals surface area contributed by atoms with Crippen LogP contribution in [-0.4, -0.2) is 0 Å². The maximum atomic E-state index is 9.51. The summed E-state index contributed by atoms with van der Waals surface area (Å²) < 4.78 is 0. The molecule has 6 aromatic carbocycles. The minimum Gasteiger partial charge on any atom is -0.192 e. The highest BCUT2D eigenvalue weighted by Gasteiger charge is 2.37. The summed E-state index contributed by atoms with van der Waals surface area (Å²) in [5, 5.41) is 12.1. The van der Waals surface area contributed by atoms with Crippen LogP contribution >= 0.6 is 0 Å². The van der Waals surface area contributed by atoms with Gasteiger partial charge in [0.05, 0.1) is 11.6 Å². The van der Waals surface area contributed by atoms with Crippen molar-refractivity contribution < 1.29 is 0 Å². The van der Waals surface area contributed by atoms with E-state index in [-0.39, 0.29) is 5.41 Å². The minimum absolute atomic E-state index is 0.145. The van der Waals surface area contributed by atoms with Crippen LogP contribution in [0, 0.1) is 11.3 Å². The van der Waals surface area contributed by atoms with Crippen LogP contribution in [-0.2, 0) is 11.8 Å². The van der Waals surface area contributed by atoms with Gasteiger partial charge < -0.3 is 0 Å². The Bertz CT molecular complexity index is 1940. The van der Waals surface area contributed by atoms with E-state index in [1.807, 2.05) is 6.07 Å². The molecule has 0 bridgehead atoms. The second-order valence-electron chi connectivity index (χ2n) is 11.3. The molecule has 7 rings (SSSR count). The summed E-state index contributed by atoms with van der Waals surface area (Å²) in [6, 6.07) is 48.1. The Morgan fingerprint density at radius 3 is 2.00 bits per heavy atom. The van der Waals surface area contributed by atoms with Crippen LogP contribution in [0.5, 0.6) is 0 Å². The predicted molar refractivity (Wildman–Crippen MR) is 166 cm³/mol. The van der Waals surface area contributed by atoms with Crippen molar-refractivity contribution in [1.82, 2.24) is 0 Å². The largest absolute Gasteiger partial charge is 0.192 e. The molecule has 0 saturated carbocycles. The van der Waals surface area contributed by atoms with Crippen molar-refractivity contribution in [3.05, 3.63) is 155 Å². The summed E-state index contributed by atoms with van der Waals surface area (Å²) in [5.41, 5.74) is 13.2. The molecule has 0 radical (unpaired) electrons. The van der Waals surface area contributed by atoms with Gasteiger partial charge in [-0.15, -0.1) is 0 Å². The second-order valence-corrected chi connectivity index (χ2v) is 11.3. The maximum absolute atomic E-state index is 9.51. The Labute approximate surface area is 236 Å². The number of hydrogen-bond acceptors (Lipinski definition) is 1. The predicted octanol–water partition coefficient (Wildman–Crippen LogP) is 9.94. The fourth-order valence-electron chi connectivity index (χ4n) is 6.51. The molecular weight excluding hydrogens is 482 g/mol. The first-order valence-corrected chi connectivity index (χ1v) is 13.9. The molecular formula is C39H29N. The topological polar surface area (TPSA) is 23.8 Å². The molecule has 0 saturated heterocycles. The quantitative estimate of drug-likeness (QED) is 0.231. The summed E-state index contributed by atoms with van der Waals surface area (Å²) in [6.07, 6.45) is 0.924. The van der Waals surface area contributed by atoms with Gasteiger partial charge in [0.25, 0.3) is 0 Å². The average molecular weight is 512 g/mol. The van der Waals surface area contributed by atoms with Gasteiger partial charge in [-0.1, -0.05) is 129 Å². The summed E-state index contributed by atoms with van der Waals surface area (Å²) >= 11 is 0. The molecule has 0 aliphatic heterocycles. The first-order valence-electron chi connectivity index (χ1n) is 13.9. The maximum Gasteiger partial charge on any atom is 0.0991 e. The smallest absolute Gasteiger partial charge is 0.0991 e. The summed E-state index contributed by atoms with van der Waals surface area (Å²) in [4.78, 5) is 0. The van der Waals surface area contributed by atoms with Crippen LogP contribution in [0.3, 0.4) is 0 Å². The Morgan fingerprint density at radius 1 is 0.575 bits per heavy atom. The van der Waals surface area contributed by atoms with Crippen molar-refractivity contribution in [1.29, 1.82) is 5.26 Å². The first kappa shape index (κ1) is 24.1. The average Bonchev–Trinajstić information content (AvgIpc) is 3.24. The Balaban J connectivity index is 1.30. The van der Waals surface area contributed by atoms with Crippen molar-refractivity contribution in [2.45, 2.75) is 25.7 Å². The minimum atomic E-state index is -0.145. The zero-order chi connectivity index (χ0) is 27.3. The van der Waals surface area contributed by atoms with Crippen molar-refractivity contribution in [2.24, 2.45) is 0 Å². The Hall–Kier alpha value is -4.93. The van der Waals surface area contributed by atoms with Crippen LogP contribution in [0.4, 0.5) is 0 Å². The molecule has 0 atom stereocenters. The van der Waals surface area contributed by atoms with E-state index in [4.69, 9.17) is 0 Å². The second kappa shape index (κ2) is 9.37. The van der Waals surface area contributed by atoms with E-state index in [0.717, 1.165) is 6.42 Å². The molecule has 0 aromatic heterocycles. The van der Waals surface area contributed by atoms with E-state index in [9.17, 15) is 5.26 Å². The zero-order valence-corrected chi connectivity index (χ0v) is 22.8. The zero-order valence-electron chi connectivity index (χ0n) is 22.8. The monoisotopic (exact) mass is 511 g/mol. The lowest BCUT2D eigenvalue weighted by Crippen LogP contribution is -2.15. The molecule has 0 heterocycles. The normalized spacial score (nSPS) is 13.0. The highest BCUT2D eigenvalue weighted by molar-refractivity contribution is 5.99. The van der Waals surface area contributed by atoms with Gasteiger partial charge in [-0.3, -0.25) is 0 Å². The fourth-order valence-corrected chi connectivity index (χ4v) is 6.51. The van der Waals surface area contributed by atoms with Crippen LogP contribution in [0.15, 0.2) is 127 Å². The van der Waals surface area contributed by atoms with Crippen molar-refractivity contribution in [3.63, 3.8) is 0 Å². The molecule has 1 heteroatoms. The number of benzene rings is 6. The summed E-state index contributed by atoms with van der Waals surface area (Å²) in [5.74, 6) is 0. The van der Waals surface area contributed by atoms with E-state index in [1.54, 1.807) is 0 Å². The van der Waals surface area contributed by atoms with Gasteiger partial charge in [-0.25, -0.2) is 0 Å². The van der Waals surface area contributed by atoms with Gasteiger partial charge in [-0.05, 0) is 85.0 Å². The van der Waals surface area contributed by atoms with E-state index in [2.05, 4.69) is 141 Å². The van der Waals surface area contributed by atoms with Crippen LogP contribution in [0.25, 0.3) is 44.2 Å². The molecule has 190 valence electrons. The lowest BCUT2D eigenvalue weighted by molar-refractivity contribution is 0.660. The van der Waals surface area contributed by atoms with Crippen molar-refractivity contribution in [2.75, 3.05) is 0 Å². The van der Waals surface area contributed by atoms with Gasteiger partial charge in [-0.2, -0.15) is 5.26 Å².